The van der Waals surface area contributed by atoms with Crippen molar-refractivity contribution in [2.45, 2.75) is 6.18 Å². The summed E-state index contributed by atoms with van der Waals surface area (Å²) in [5.74, 6) is -3.18. The Kier molecular flexibility index (Phi) is 2.88. The minimum atomic E-state index is -5.04. The molecule has 88 valence electrons. The molecule has 0 spiro atoms. The number of hydrogen-bond acceptors (Lipinski definition) is 3. The molecule has 0 saturated heterocycles. The number of primary amides is 1. The second-order valence-corrected chi connectivity index (χ2v) is 2.85. The highest BCUT2D eigenvalue weighted by atomic mass is 19.4. The van der Waals surface area contributed by atoms with E-state index < -0.39 is 18.0 Å². The molecular formula is C7H7F3N4O2. The number of alkyl halides is 3. The Morgan fingerprint density at radius 2 is 2.06 bits per heavy atom. The van der Waals surface area contributed by atoms with Gasteiger partial charge < -0.3 is 11.1 Å². The third kappa shape index (κ3) is 2.30. The van der Waals surface area contributed by atoms with E-state index in [1.54, 1.807) is 0 Å². The van der Waals surface area contributed by atoms with Crippen LogP contribution in [0.1, 0.15) is 10.5 Å². The molecule has 0 aliphatic heterocycles. The van der Waals surface area contributed by atoms with E-state index in [1.807, 2.05) is 0 Å². The van der Waals surface area contributed by atoms with Crippen LogP contribution in [-0.4, -0.2) is 27.8 Å². The van der Waals surface area contributed by atoms with Crippen LogP contribution in [-0.2, 0) is 11.8 Å². The number of carbonyl (C=O) groups is 2. The van der Waals surface area contributed by atoms with Gasteiger partial charge in [0.1, 0.15) is 5.69 Å². The van der Waals surface area contributed by atoms with Gasteiger partial charge in [-0.05, 0) is 0 Å². The van der Waals surface area contributed by atoms with E-state index >= 15 is 0 Å². The summed E-state index contributed by atoms with van der Waals surface area (Å²) in [5.41, 5.74) is 4.23. The Bertz CT molecular complexity index is 437. The highest BCUT2D eigenvalue weighted by Gasteiger charge is 2.39. The fourth-order valence-corrected chi connectivity index (χ4v) is 1.01. The maximum Gasteiger partial charge on any atom is 0.471 e. The summed E-state index contributed by atoms with van der Waals surface area (Å²) in [6.45, 7) is 0. The van der Waals surface area contributed by atoms with Crippen LogP contribution in [0.2, 0.25) is 0 Å². The second kappa shape index (κ2) is 3.83. The molecule has 1 heterocycles. The lowest BCUT2D eigenvalue weighted by Crippen LogP contribution is -2.31. The lowest BCUT2D eigenvalue weighted by atomic mass is 10.3. The molecule has 6 nitrogen and oxygen atoms in total. The number of aryl methyl sites for hydroxylation is 1. The van der Waals surface area contributed by atoms with Crippen LogP contribution >= 0.6 is 0 Å². The lowest BCUT2D eigenvalue weighted by Gasteiger charge is -2.07. The van der Waals surface area contributed by atoms with Gasteiger partial charge in [0.15, 0.2) is 0 Å². The van der Waals surface area contributed by atoms with E-state index in [-0.39, 0.29) is 11.4 Å². The van der Waals surface area contributed by atoms with Gasteiger partial charge in [-0.1, -0.05) is 0 Å². The van der Waals surface area contributed by atoms with Crippen molar-refractivity contribution in [2.75, 3.05) is 5.32 Å². The van der Waals surface area contributed by atoms with Crippen LogP contribution in [0.5, 0.6) is 0 Å². The third-order valence-corrected chi connectivity index (χ3v) is 1.68. The summed E-state index contributed by atoms with van der Waals surface area (Å²) >= 11 is 0. The van der Waals surface area contributed by atoms with Crippen LogP contribution in [0.4, 0.5) is 18.9 Å². The number of rotatable bonds is 2. The van der Waals surface area contributed by atoms with Crippen molar-refractivity contribution in [1.82, 2.24) is 9.78 Å². The summed E-state index contributed by atoms with van der Waals surface area (Å²) in [6, 6.07) is 0. The average molecular weight is 236 g/mol. The molecule has 1 aromatic heterocycles. The zero-order valence-corrected chi connectivity index (χ0v) is 8.00. The monoisotopic (exact) mass is 236 g/mol. The molecule has 2 amide bonds. The van der Waals surface area contributed by atoms with Crippen LogP contribution in [0.3, 0.4) is 0 Å². The molecule has 0 bridgehead atoms. The van der Waals surface area contributed by atoms with Gasteiger partial charge in [0.25, 0.3) is 5.91 Å². The second-order valence-electron chi connectivity index (χ2n) is 2.85. The topological polar surface area (TPSA) is 90.0 Å². The Morgan fingerprint density at radius 3 is 2.50 bits per heavy atom. The number of nitrogens with one attached hydrogen (secondary N) is 1. The molecule has 16 heavy (non-hydrogen) atoms. The van der Waals surface area contributed by atoms with Crippen LogP contribution in [0.15, 0.2) is 6.20 Å². The normalized spacial score (nSPS) is 11.2. The Labute approximate surface area is 87.2 Å². The Morgan fingerprint density at radius 1 is 1.50 bits per heavy atom. The molecule has 1 rings (SSSR count). The Balaban J connectivity index is 2.99. The van der Waals surface area contributed by atoms with Crippen molar-refractivity contribution in [1.29, 1.82) is 0 Å². The predicted molar refractivity (Wildman–Crippen MR) is 46.4 cm³/mol. The minimum Gasteiger partial charge on any atom is -0.364 e. The summed E-state index contributed by atoms with van der Waals surface area (Å²) < 4.78 is 36.7. The zero-order valence-electron chi connectivity index (χ0n) is 8.00. The van der Waals surface area contributed by atoms with Crippen LogP contribution in [0.25, 0.3) is 0 Å². The average Bonchev–Trinajstić information content (AvgIpc) is 2.45. The highest BCUT2D eigenvalue weighted by molar-refractivity contribution is 6.03. The molecule has 0 radical (unpaired) electrons. The number of halogens is 3. The summed E-state index contributed by atoms with van der Waals surface area (Å²) in [4.78, 5) is 21.5. The van der Waals surface area contributed by atoms with Gasteiger partial charge in [0, 0.05) is 7.05 Å². The van der Waals surface area contributed by atoms with E-state index in [0.717, 1.165) is 10.9 Å². The predicted octanol–water partition coefficient (Wildman–Crippen LogP) is 0.0198. The van der Waals surface area contributed by atoms with E-state index in [0.29, 0.717) is 0 Å². The molecule has 9 heteroatoms. The molecular weight excluding hydrogens is 229 g/mol. The number of aromatic nitrogens is 2. The summed E-state index contributed by atoms with van der Waals surface area (Å²) in [6.07, 6.45) is -4.13. The molecule has 0 aromatic carbocycles. The zero-order chi connectivity index (χ0) is 12.5. The largest absolute Gasteiger partial charge is 0.471 e. The van der Waals surface area contributed by atoms with Crippen molar-refractivity contribution in [3.63, 3.8) is 0 Å². The van der Waals surface area contributed by atoms with Crippen molar-refractivity contribution < 1.29 is 22.8 Å². The fourth-order valence-electron chi connectivity index (χ4n) is 1.01. The first-order valence-electron chi connectivity index (χ1n) is 3.93. The number of amides is 2. The SMILES string of the molecule is Cn1ncc(NC(=O)C(F)(F)F)c1C(N)=O. The highest BCUT2D eigenvalue weighted by Crippen LogP contribution is 2.20. The summed E-state index contributed by atoms with van der Waals surface area (Å²) in [7, 11) is 1.31. The molecule has 1 aromatic rings. The van der Waals surface area contributed by atoms with Gasteiger partial charge in [-0.15, -0.1) is 0 Å². The first kappa shape index (κ1) is 12.0. The van der Waals surface area contributed by atoms with Gasteiger partial charge in [0.05, 0.1) is 11.9 Å². The standard InChI is InChI=1S/C7H7F3N4O2/c1-14-4(5(11)15)3(2-12-14)13-6(16)7(8,9)10/h2H,1H3,(H2,11,15)(H,13,16). The first-order chi connectivity index (χ1) is 7.23. The smallest absolute Gasteiger partial charge is 0.364 e. The molecule has 0 atom stereocenters. The Hall–Kier alpha value is -2.06. The number of nitrogens with zero attached hydrogens (tertiary/aromatic N) is 2. The molecule has 3 N–H and O–H groups in total. The van der Waals surface area contributed by atoms with Crippen molar-refractivity contribution >= 4 is 17.5 Å². The van der Waals surface area contributed by atoms with Crippen molar-refractivity contribution in [2.24, 2.45) is 12.8 Å². The molecule has 0 aliphatic rings. The van der Waals surface area contributed by atoms with E-state index in [2.05, 4.69) is 5.10 Å². The number of anilines is 1. The van der Waals surface area contributed by atoms with Crippen LogP contribution in [0, 0.1) is 0 Å². The molecule has 0 unspecified atom stereocenters. The summed E-state index contributed by atoms with van der Waals surface area (Å²) in [5, 5.41) is 5.01. The van der Waals surface area contributed by atoms with Gasteiger partial charge in [-0.25, -0.2) is 0 Å². The minimum absolute atomic E-state index is 0.308. The van der Waals surface area contributed by atoms with E-state index in [4.69, 9.17) is 5.73 Å². The maximum absolute atomic E-state index is 11.9. The lowest BCUT2D eigenvalue weighted by molar-refractivity contribution is -0.167. The fraction of sp³-hybridized carbons (Fsp3) is 0.286. The quantitative estimate of drug-likeness (QED) is 0.758. The van der Waals surface area contributed by atoms with E-state index in [1.165, 1.54) is 12.4 Å². The van der Waals surface area contributed by atoms with Gasteiger partial charge in [0.2, 0.25) is 0 Å². The number of hydrogen-bond donors (Lipinski definition) is 2. The number of nitrogens with two attached hydrogens (primary N) is 1. The van der Waals surface area contributed by atoms with Gasteiger partial charge >= 0.3 is 12.1 Å². The van der Waals surface area contributed by atoms with Gasteiger partial charge in [-0.3, -0.25) is 14.3 Å². The van der Waals surface area contributed by atoms with Crippen LogP contribution < -0.4 is 11.1 Å². The third-order valence-electron chi connectivity index (χ3n) is 1.68. The molecule has 0 aliphatic carbocycles. The first-order valence-corrected chi connectivity index (χ1v) is 3.93. The van der Waals surface area contributed by atoms with Gasteiger partial charge in [-0.2, -0.15) is 18.3 Å². The van der Waals surface area contributed by atoms with Crippen molar-refractivity contribution in [3.05, 3.63) is 11.9 Å². The van der Waals surface area contributed by atoms with E-state index in [9.17, 15) is 22.8 Å². The van der Waals surface area contributed by atoms with Crippen molar-refractivity contribution in [3.8, 4) is 0 Å². The molecule has 0 saturated carbocycles. The maximum atomic E-state index is 11.9. The molecule has 0 fully saturated rings. The number of carbonyl (C=O) groups excluding carboxylic acids is 2.